The molecule has 0 aliphatic rings. The standard InChI is InChI=1S/C18H16ClN3O4S/c1-25-17(24)13-8-11(9-20-13)14-10-27-18(21-14)22-16(23)6-7-26-15-5-3-2-4-12(15)19/h2-5,8-10,20H,6-7H2,1H3,(H,21,22,23). The van der Waals surface area contributed by atoms with Crippen LogP contribution in [-0.2, 0) is 9.53 Å². The van der Waals surface area contributed by atoms with Gasteiger partial charge in [0.1, 0.15) is 11.4 Å². The van der Waals surface area contributed by atoms with Crippen LogP contribution in [0, 0.1) is 0 Å². The summed E-state index contributed by atoms with van der Waals surface area (Å²) in [5.41, 5.74) is 1.71. The van der Waals surface area contributed by atoms with Gasteiger partial charge in [0.15, 0.2) is 5.13 Å². The van der Waals surface area contributed by atoms with Gasteiger partial charge in [0, 0.05) is 17.1 Å². The van der Waals surface area contributed by atoms with E-state index in [4.69, 9.17) is 16.3 Å². The van der Waals surface area contributed by atoms with E-state index >= 15 is 0 Å². The molecule has 9 heteroatoms. The van der Waals surface area contributed by atoms with Gasteiger partial charge in [-0.2, -0.15) is 0 Å². The second-order valence-electron chi connectivity index (χ2n) is 5.41. The third-order valence-corrected chi connectivity index (χ3v) is 4.63. The zero-order valence-corrected chi connectivity index (χ0v) is 15.9. The van der Waals surface area contributed by atoms with E-state index in [0.29, 0.717) is 27.3 Å². The molecule has 0 saturated heterocycles. The maximum Gasteiger partial charge on any atom is 0.354 e. The fraction of sp³-hybridized carbons (Fsp3) is 0.167. The van der Waals surface area contributed by atoms with Crippen LogP contribution in [0.4, 0.5) is 5.13 Å². The zero-order valence-electron chi connectivity index (χ0n) is 14.3. The number of nitrogens with one attached hydrogen (secondary N) is 2. The molecule has 0 saturated carbocycles. The highest BCUT2D eigenvalue weighted by molar-refractivity contribution is 7.14. The van der Waals surface area contributed by atoms with Crippen LogP contribution in [0.15, 0.2) is 41.9 Å². The number of rotatable bonds is 7. The van der Waals surface area contributed by atoms with E-state index in [1.54, 1.807) is 35.8 Å². The van der Waals surface area contributed by atoms with Crippen LogP contribution in [0.25, 0.3) is 11.3 Å². The second kappa shape index (κ2) is 8.70. The van der Waals surface area contributed by atoms with Crippen molar-refractivity contribution in [3.63, 3.8) is 0 Å². The number of ether oxygens (including phenoxy) is 2. The maximum absolute atomic E-state index is 12.0. The first-order valence-corrected chi connectivity index (χ1v) is 9.22. The summed E-state index contributed by atoms with van der Waals surface area (Å²) in [6.45, 7) is 0.202. The Balaban J connectivity index is 1.53. The highest BCUT2D eigenvalue weighted by Crippen LogP contribution is 2.26. The fourth-order valence-corrected chi connectivity index (χ4v) is 3.16. The molecule has 0 atom stereocenters. The van der Waals surface area contributed by atoms with E-state index in [1.165, 1.54) is 18.4 Å². The third-order valence-electron chi connectivity index (χ3n) is 3.56. The van der Waals surface area contributed by atoms with Crippen molar-refractivity contribution in [2.24, 2.45) is 0 Å². The predicted molar refractivity (Wildman–Crippen MR) is 103 cm³/mol. The van der Waals surface area contributed by atoms with Crippen LogP contribution in [0.5, 0.6) is 5.75 Å². The van der Waals surface area contributed by atoms with Crippen molar-refractivity contribution in [1.82, 2.24) is 9.97 Å². The molecule has 7 nitrogen and oxygen atoms in total. The monoisotopic (exact) mass is 405 g/mol. The van der Waals surface area contributed by atoms with E-state index in [2.05, 4.69) is 20.0 Å². The lowest BCUT2D eigenvalue weighted by atomic mass is 10.2. The number of amides is 1. The average Bonchev–Trinajstić information content (AvgIpc) is 3.32. The molecule has 0 unspecified atom stereocenters. The lowest BCUT2D eigenvalue weighted by Crippen LogP contribution is -2.15. The summed E-state index contributed by atoms with van der Waals surface area (Å²) in [6, 6.07) is 8.73. The molecule has 2 N–H and O–H groups in total. The molecule has 0 fully saturated rings. The fourth-order valence-electron chi connectivity index (χ4n) is 2.23. The van der Waals surface area contributed by atoms with Crippen molar-refractivity contribution < 1.29 is 19.1 Å². The Kier molecular flexibility index (Phi) is 6.10. The van der Waals surface area contributed by atoms with Crippen LogP contribution in [-0.4, -0.2) is 35.6 Å². The number of benzene rings is 1. The topological polar surface area (TPSA) is 93.3 Å². The summed E-state index contributed by atoms with van der Waals surface area (Å²) in [5, 5.41) is 5.49. The van der Waals surface area contributed by atoms with Gasteiger partial charge in [0.25, 0.3) is 0 Å². The first-order chi connectivity index (χ1) is 13.1. The number of methoxy groups -OCH3 is 1. The number of H-pyrrole nitrogens is 1. The van der Waals surface area contributed by atoms with Crippen molar-refractivity contribution in [2.75, 3.05) is 19.0 Å². The number of hydrogen-bond donors (Lipinski definition) is 2. The van der Waals surface area contributed by atoms with E-state index in [9.17, 15) is 9.59 Å². The summed E-state index contributed by atoms with van der Waals surface area (Å²) >= 11 is 7.29. The molecule has 140 valence electrons. The Hall–Kier alpha value is -2.84. The van der Waals surface area contributed by atoms with Crippen molar-refractivity contribution >= 4 is 39.9 Å². The number of halogens is 1. The number of para-hydroxylation sites is 1. The molecule has 27 heavy (non-hydrogen) atoms. The highest BCUT2D eigenvalue weighted by atomic mass is 35.5. The van der Waals surface area contributed by atoms with E-state index < -0.39 is 5.97 Å². The van der Waals surface area contributed by atoms with Crippen LogP contribution in [0.3, 0.4) is 0 Å². The van der Waals surface area contributed by atoms with Crippen LogP contribution < -0.4 is 10.1 Å². The molecule has 0 aliphatic heterocycles. The number of carbonyl (C=O) groups is 2. The normalized spacial score (nSPS) is 10.4. The average molecular weight is 406 g/mol. The van der Waals surface area contributed by atoms with Gasteiger partial charge in [-0.3, -0.25) is 4.79 Å². The predicted octanol–water partition coefficient (Wildman–Crippen LogP) is 3.99. The van der Waals surface area contributed by atoms with Gasteiger partial charge in [-0.1, -0.05) is 23.7 Å². The van der Waals surface area contributed by atoms with Crippen LogP contribution in [0.2, 0.25) is 5.02 Å². The van der Waals surface area contributed by atoms with Gasteiger partial charge >= 0.3 is 5.97 Å². The van der Waals surface area contributed by atoms with Crippen molar-refractivity contribution in [2.45, 2.75) is 6.42 Å². The minimum atomic E-state index is -0.455. The minimum Gasteiger partial charge on any atom is -0.491 e. The summed E-state index contributed by atoms with van der Waals surface area (Å²) in [7, 11) is 1.31. The Morgan fingerprint density at radius 1 is 1.33 bits per heavy atom. The molecule has 0 bridgehead atoms. The first kappa shape index (κ1) is 18.9. The number of aromatic nitrogens is 2. The largest absolute Gasteiger partial charge is 0.491 e. The number of aromatic amines is 1. The molecule has 0 spiro atoms. The molecule has 1 aromatic carbocycles. The van der Waals surface area contributed by atoms with Crippen LogP contribution >= 0.6 is 22.9 Å². The summed E-state index contributed by atoms with van der Waals surface area (Å²) in [4.78, 5) is 30.7. The van der Waals surface area contributed by atoms with Gasteiger partial charge in [0.05, 0.1) is 30.9 Å². The quantitative estimate of drug-likeness (QED) is 0.580. The molecule has 2 aromatic heterocycles. The van der Waals surface area contributed by atoms with E-state index in [-0.39, 0.29) is 18.9 Å². The lowest BCUT2D eigenvalue weighted by Gasteiger charge is -2.07. The van der Waals surface area contributed by atoms with Crippen molar-refractivity contribution in [1.29, 1.82) is 0 Å². The second-order valence-corrected chi connectivity index (χ2v) is 6.67. The molecular formula is C18H16ClN3O4S. The first-order valence-electron chi connectivity index (χ1n) is 7.96. The van der Waals surface area contributed by atoms with Crippen molar-refractivity contribution in [3.05, 3.63) is 52.6 Å². The zero-order chi connectivity index (χ0) is 19.2. The summed E-state index contributed by atoms with van der Waals surface area (Å²) in [6.07, 6.45) is 1.82. The molecule has 3 aromatic rings. The number of esters is 1. The van der Waals surface area contributed by atoms with Gasteiger partial charge < -0.3 is 19.8 Å². The van der Waals surface area contributed by atoms with Gasteiger partial charge in [-0.05, 0) is 18.2 Å². The van der Waals surface area contributed by atoms with Gasteiger partial charge in [-0.25, -0.2) is 9.78 Å². The van der Waals surface area contributed by atoms with Crippen LogP contribution in [0.1, 0.15) is 16.9 Å². The highest BCUT2D eigenvalue weighted by Gasteiger charge is 2.13. The Morgan fingerprint density at radius 2 is 2.15 bits per heavy atom. The number of thiazole rings is 1. The van der Waals surface area contributed by atoms with E-state index in [0.717, 1.165) is 5.56 Å². The summed E-state index contributed by atoms with van der Waals surface area (Å²) in [5.74, 6) is -0.131. The molecule has 3 rings (SSSR count). The Morgan fingerprint density at radius 3 is 2.93 bits per heavy atom. The third kappa shape index (κ3) is 4.87. The number of nitrogens with zero attached hydrogens (tertiary/aromatic N) is 1. The molecule has 0 radical (unpaired) electrons. The molecule has 2 heterocycles. The van der Waals surface area contributed by atoms with E-state index in [1.807, 2.05) is 6.07 Å². The maximum atomic E-state index is 12.0. The van der Waals surface area contributed by atoms with Gasteiger partial charge in [0.2, 0.25) is 5.91 Å². The van der Waals surface area contributed by atoms with Gasteiger partial charge in [-0.15, -0.1) is 11.3 Å². The molecule has 0 aliphatic carbocycles. The number of hydrogen-bond acceptors (Lipinski definition) is 6. The lowest BCUT2D eigenvalue weighted by molar-refractivity contribution is -0.116. The minimum absolute atomic E-state index is 0.163. The number of anilines is 1. The molecule has 1 amide bonds. The SMILES string of the molecule is COC(=O)c1cc(-c2csc(NC(=O)CCOc3ccccc3Cl)n2)c[nH]1. The van der Waals surface area contributed by atoms with Crippen molar-refractivity contribution in [3.8, 4) is 17.0 Å². The Labute approximate surface area is 164 Å². The summed E-state index contributed by atoms with van der Waals surface area (Å²) < 4.78 is 10.2. The smallest absolute Gasteiger partial charge is 0.354 e. The molecular weight excluding hydrogens is 390 g/mol. The Bertz CT molecular complexity index is 953. The number of carbonyl (C=O) groups excluding carboxylic acids is 2.